The lowest BCUT2D eigenvalue weighted by atomic mass is 10.0. The zero-order valence-electron chi connectivity index (χ0n) is 11.7. The van der Waals surface area contributed by atoms with Crippen molar-refractivity contribution >= 4 is 11.6 Å². The quantitative estimate of drug-likeness (QED) is 0.882. The first-order valence-corrected chi connectivity index (χ1v) is 7.21. The Morgan fingerprint density at radius 2 is 2.20 bits per heavy atom. The zero-order valence-corrected chi connectivity index (χ0v) is 12.5. The standard InChI is InChI=1S/C15H19ClFN3/c1-3-18-14(10-15-19-7-8-20(15)4-2)12-6-5-11(16)9-13(12)17/h5-9,14,18H,3-4,10H2,1-2H3. The maximum atomic E-state index is 14.1. The van der Waals surface area contributed by atoms with Crippen LogP contribution in [0, 0.1) is 5.82 Å². The summed E-state index contributed by atoms with van der Waals surface area (Å²) in [6.07, 6.45) is 4.36. The number of likely N-dealkylation sites (N-methyl/N-ethyl adjacent to an activating group) is 1. The van der Waals surface area contributed by atoms with Crippen LogP contribution in [0.15, 0.2) is 30.6 Å². The molecule has 1 aromatic carbocycles. The minimum atomic E-state index is -0.280. The molecule has 0 aliphatic rings. The Balaban J connectivity index is 2.27. The first kappa shape index (κ1) is 15.0. The lowest BCUT2D eigenvalue weighted by molar-refractivity contribution is 0.492. The smallest absolute Gasteiger partial charge is 0.129 e. The molecule has 108 valence electrons. The zero-order chi connectivity index (χ0) is 14.5. The summed E-state index contributed by atoms with van der Waals surface area (Å²) in [6.45, 7) is 5.69. The summed E-state index contributed by atoms with van der Waals surface area (Å²) in [4.78, 5) is 4.36. The number of nitrogens with zero attached hydrogens (tertiary/aromatic N) is 2. The highest BCUT2D eigenvalue weighted by Gasteiger charge is 2.18. The van der Waals surface area contributed by atoms with Gasteiger partial charge < -0.3 is 9.88 Å². The van der Waals surface area contributed by atoms with Crippen molar-refractivity contribution < 1.29 is 4.39 Å². The van der Waals surface area contributed by atoms with Gasteiger partial charge in [-0.2, -0.15) is 0 Å². The number of rotatable bonds is 6. The highest BCUT2D eigenvalue weighted by atomic mass is 35.5. The van der Waals surface area contributed by atoms with Crippen LogP contribution in [0.2, 0.25) is 5.02 Å². The van der Waals surface area contributed by atoms with E-state index in [1.54, 1.807) is 18.3 Å². The van der Waals surface area contributed by atoms with Crippen molar-refractivity contribution in [3.8, 4) is 0 Å². The molecule has 1 heterocycles. The average Bonchev–Trinajstić information content (AvgIpc) is 2.85. The third-order valence-electron chi connectivity index (χ3n) is 3.32. The van der Waals surface area contributed by atoms with Gasteiger partial charge >= 0.3 is 0 Å². The van der Waals surface area contributed by atoms with Crippen LogP contribution >= 0.6 is 11.6 Å². The number of imidazole rings is 1. The lowest BCUT2D eigenvalue weighted by Gasteiger charge is -2.19. The monoisotopic (exact) mass is 295 g/mol. The van der Waals surface area contributed by atoms with Crippen molar-refractivity contribution in [1.82, 2.24) is 14.9 Å². The number of hydrogen-bond donors (Lipinski definition) is 1. The van der Waals surface area contributed by atoms with Crippen molar-refractivity contribution in [2.24, 2.45) is 0 Å². The number of benzene rings is 1. The molecule has 0 fully saturated rings. The summed E-state index contributed by atoms with van der Waals surface area (Å²) in [6, 6.07) is 4.71. The Hall–Kier alpha value is -1.39. The topological polar surface area (TPSA) is 29.9 Å². The predicted octanol–water partition coefficient (Wildman–Crippen LogP) is 3.59. The Morgan fingerprint density at radius 1 is 1.40 bits per heavy atom. The largest absolute Gasteiger partial charge is 0.335 e. The number of aromatic nitrogens is 2. The normalized spacial score (nSPS) is 12.6. The molecule has 0 saturated heterocycles. The molecule has 5 heteroatoms. The molecule has 1 unspecified atom stereocenters. The van der Waals surface area contributed by atoms with Gasteiger partial charge in [0.05, 0.1) is 0 Å². The van der Waals surface area contributed by atoms with Crippen LogP contribution in [0.25, 0.3) is 0 Å². The van der Waals surface area contributed by atoms with E-state index in [2.05, 4.69) is 21.8 Å². The van der Waals surface area contributed by atoms with E-state index in [4.69, 9.17) is 11.6 Å². The predicted molar refractivity (Wildman–Crippen MR) is 79.4 cm³/mol. The summed E-state index contributed by atoms with van der Waals surface area (Å²) in [5.74, 6) is 0.672. The fourth-order valence-electron chi connectivity index (χ4n) is 2.32. The molecule has 0 aliphatic heterocycles. The van der Waals surface area contributed by atoms with Crippen molar-refractivity contribution in [3.05, 3.63) is 52.8 Å². The Kier molecular flexibility index (Phi) is 5.15. The second-order valence-electron chi connectivity index (χ2n) is 4.61. The van der Waals surface area contributed by atoms with Gasteiger partial charge in [-0.3, -0.25) is 0 Å². The van der Waals surface area contributed by atoms with Gasteiger partial charge in [-0.05, 0) is 25.6 Å². The molecule has 0 bridgehead atoms. The number of nitrogens with one attached hydrogen (secondary N) is 1. The van der Waals surface area contributed by atoms with Gasteiger partial charge in [0.2, 0.25) is 0 Å². The summed E-state index contributed by atoms with van der Waals surface area (Å²) in [7, 11) is 0. The van der Waals surface area contributed by atoms with Crippen LogP contribution in [0.5, 0.6) is 0 Å². The summed E-state index contributed by atoms with van der Waals surface area (Å²) in [5.41, 5.74) is 0.627. The van der Waals surface area contributed by atoms with Crippen LogP contribution in [0.1, 0.15) is 31.3 Å². The van der Waals surface area contributed by atoms with Crippen LogP contribution < -0.4 is 5.32 Å². The van der Waals surface area contributed by atoms with Gasteiger partial charge in [-0.1, -0.05) is 24.6 Å². The van der Waals surface area contributed by atoms with Gasteiger partial charge in [0.1, 0.15) is 11.6 Å². The molecule has 1 atom stereocenters. The molecule has 0 spiro atoms. The first-order valence-electron chi connectivity index (χ1n) is 6.84. The average molecular weight is 296 g/mol. The van der Waals surface area contributed by atoms with E-state index in [0.29, 0.717) is 17.0 Å². The van der Waals surface area contributed by atoms with Crippen LogP contribution in [-0.4, -0.2) is 16.1 Å². The molecule has 1 N–H and O–H groups in total. The highest BCUT2D eigenvalue weighted by molar-refractivity contribution is 6.30. The third-order valence-corrected chi connectivity index (χ3v) is 3.55. The molecule has 2 rings (SSSR count). The third kappa shape index (κ3) is 3.38. The first-order chi connectivity index (χ1) is 9.65. The van der Waals surface area contributed by atoms with Gasteiger partial charge in [0.25, 0.3) is 0 Å². The molecule has 20 heavy (non-hydrogen) atoms. The molecule has 0 aliphatic carbocycles. The summed E-state index contributed by atoms with van der Waals surface area (Å²) in [5, 5.41) is 3.73. The minimum Gasteiger partial charge on any atom is -0.335 e. The van der Waals surface area contributed by atoms with Crippen molar-refractivity contribution in [1.29, 1.82) is 0 Å². The Labute approximate surface area is 123 Å². The van der Waals surface area contributed by atoms with Crippen molar-refractivity contribution in [3.63, 3.8) is 0 Å². The molecule has 0 radical (unpaired) electrons. The molecule has 0 saturated carbocycles. The fraction of sp³-hybridized carbons (Fsp3) is 0.400. The summed E-state index contributed by atoms with van der Waals surface area (Å²) < 4.78 is 16.2. The molecular weight excluding hydrogens is 277 g/mol. The van der Waals surface area contributed by atoms with Crippen LogP contribution in [0.3, 0.4) is 0 Å². The summed E-state index contributed by atoms with van der Waals surface area (Å²) >= 11 is 5.81. The second kappa shape index (κ2) is 6.86. The molecular formula is C15H19ClFN3. The van der Waals surface area contributed by atoms with E-state index in [0.717, 1.165) is 18.9 Å². The van der Waals surface area contributed by atoms with Gasteiger partial charge in [-0.25, -0.2) is 9.37 Å². The molecule has 0 amide bonds. The van der Waals surface area contributed by atoms with E-state index in [-0.39, 0.29) is 11.9 Å². The van der Waals surface area contributed by atoms with Crippen LogP contribution in [0.4, 0.5) is 4.39 Å². The SMILES string of the molecule is CCNC(Cc1nccn1CC)c1ccc(Cl)cc1F. The molecule has 1 aromatic heterocycles. The van der Waals surface area contributed by atoms with E-state index in [1.165, 1.54) is 6.07 Å². The maximum Gasteiger partial charge on any atom is 0.129 e. The number of halogens is 2. The maximum absolute atomic E-state index is 14.1. The molecule has 2 aromatic rings. The van der Waals surface area contributed by atoms with Gasteiger partial charge in [0.15, 0.2) is 0 Å². The van der Waals surface area contributed by atoms with Crippen LogP contribution in [-0.2, 0) is 13.0 Å². The van der Waals surface area contributed by atoms with E-state index in [1.807, 2.05) is 13.1 Å². The molecule has 3 nitrogen and oxygen atoms in total. The number of hydrogen-bond acceptors (Lipinski definition) is 2. The second-order valence-corrected chi connectivity index (χ2v) is 5.05. The van der Waals surface area contributed by atoms with Crippen molar-refractivity contribution in [2.45, 2.75) is 32.9 Å². The number of aryl methyl sites for hydroxylation is 1. The van der Waals surface area contributed by atoms with E-state index < -0.39 is 0 Å². The van der Waals surface area contributed by atoms with Gasteiger partial charge in [-0.15, -0.1) is 0 Å². The lowest BCUT2D eigenvalue weighted by Crippen LogP contribution is -2.25. The van der Waals surface area contributed by atoms with E-state index in [9.17, 15) is 4.39 Å². The fourth-order valence-corrected chi connectivity index (χ4v) is 2.48. The highest BCUT2D eigenvalue weighted by Crippen LogP contribution is 2.23. The Morgan fingerprint density at radius 3 is 2.85 bits per heavy atom. The van der Waals surface area contributed by atoms with Crippen molar-refractivity contribution in [2.75, 3.05) is 6.54 Å². The van der Waals surface area contributed by atoms with Gasteiger partial charge in [0, 0.05) is 42.0 Å². The minimum absolute atomic E-state index is 0.107. The van der Waals surface area contributed by atoms with E-state index >= 15 is 0 Å². The Bertz CT molecular complexity index is 568.